The van der Waals surface area contributed by atoms with Gasteiger partial charge in [0.15, 0.2) is 0 Å². The van der Waals surface area contributed by atoms with Crippen molar-refractivity contribution in [3.05, 3.63) is 59.7 Å². The Hall–Kier alpha value is -2.86. The summed E-state index contributed by atoms with van der Waals surface area (Å²) >= 11 is 0. The molecule has 2 aromatic carbocycles. The largest absolute Gasteiger partial charge is 0.467 e. The van der Waals surface area contributed by atoms with Crippen LogP contribution in [0.1, 0.15) is 29.9 Å². The van der Waals surface area contributed by atoms with Crippen LogP contribution in [0.5, 0.6) is 0 Å². The van der Waals surface area contributed by atoms with Gasteiger partial charge in [-0.2, -0.15) is 0 Å². The first kappa shape index (κ1) is 17.5. The van der Waals surface area contributed by atoms with Gasteiger partial charge in [-0.1, -0.05) is 48.5 Å². The van der Waals surface area contributed by atoms with Crippen LogP contribution in [0, 0.1) is 0 Å². The van der Waals surface area contributed by atoms with E-state index in [1.807, 2.05) is 36.4 Å². The fourth-order valence-electron chi connectivity index (χ4n) is 4.09. The number of methoxy groups -OCH3 is 1. The van der Waals surface area contributed by atoms with Gasteiger partial charge in [0.1, 0.15) is 12.1 Å². The predicted molar refractivity (Wildman–Crippen MR) is 98.2 cm³/mol. The van der Waals surface area contributed by atoms with Crippen LogP contribution in [0.4, 0.5) is 4.79 Å². The van der Waals surface area contributed by atoms with Crippen molar-refractivity contribution in [2.24, 2.45) is 0 Å². The molecular formula is C21H21NO5. The highest BCUT2D eigenvalue weighted by molar-refractivity contribution is 5.87. The van der Waals surface area contributed by atoms with Crippen molar-refractivity contribution in [2.75, 3.05) is 13.7 Å². The Morgan fingerprint density at radius 2 is 1.63 bits per heavy atom. The number of alkyl carbamates (subject to hydrolysis) is 1. The summed E-state index contributed by atoms with van der Waals surface area (Å²) in [6, 6.07) is 16.1. The van der Waals surface area contributed by atoms with Crippen LogP contribution in [0.25, 0.3) is 11.1 Å². The van der Waals surface area contributed by atoms with Crippen molar-refractivity contribution in [1.29, 1.82) is 0 Å². The smallest absolute Gasteiger partial charge is 0.408 e. The summed E-state index contributed by atoms with van der Waals surface area (Å²) in [5.74, 6) is -0.620. The van der Waals surface area contributed by atoms with E-state index in [2.05, 4.69) is 17.4 Å². The third-order valence-electron chi connectivity index (χ3n) is 5.43. The van der Waals surface area contributed by atoms with E-state index in [1.165, 1.54) is 7.11 Å². The van der Waals surface area contributed by atoms with Crippen molar-refractivity contribution >= 4 is 12.1 Å². The summed E-state index contributed by atoms with van der Waals surface area (Å²) in [7, 11) is 1.26. The number of fused-ring (bicyclic) bond motifs is 3. The molecule has 0 saturated heterocycles. The van der Waals surface area contributed by atoms with E-state index in [9.17, 15) is 14.7 Å². The molecule has 0 radical (unpaired) electrons. The molecule has 2 aromatic rings. The monoisotopic (exact) mass is 367 g/mol. The number of amides is 1. The number of rotatable bonds is 4. The number of aliphatic hydroxyl groups excluding tert-OH is 1. The van der Waals surface area contributed by atoms with E-state index in [0.717, 1.165) is 22.3 Å². The molecule has 6 nitrogen and oxygen atoms in total. The third kappa shape index (κ3) is 2.96. The number of hydrogen-bond acceptors (Lipinski definition) is 5. The molecule has 0 unspecified atom stereocenters. The van der Waals surface area contributed by atoms with Crippen LogP contribution < -0.4 is 5.32 Å². The number of ether oxygens (including phenoxy) is 2. The fraction of sp³-hybridized carbons (Fsp3) is 0.333. The lowest BCUT2D eigenvalue weighted by Gasteiger charge is -2.42. The number of aliphatic hydroxyl groups is 1. The maximum atomic E-state index is 12.3. The Balaban J connectivity index is 1.47. The lowest BCUT2D eigenvalue weighted by Crippen LogP contribution is -2.64. The van der Waals surface area contributed by atoms with Gasteiger partial charge in [-0.05, 0) is 22.3 Å². The van der Waals surface area contributed by atoms with Crippen molar-refractivity contribution < 1.29 is 24.2 Å². The summed E-state index contributed by atoms with van der Waals surface area (Å²) < 4.78 is 10.2. The minimum atomic E-state index is -1.20. The van der Waals surface area contributed by atoms with Gasteiger partial charge in [-0.3, -0.25) is 0 Å². The van der Waals surface area contributed by atoms with Crippen molar-refractivity contribution in [1.82, 2.24) is 5.32 Å². The molecule has 0 bridgehead atoms. The van der Waals surface area contributed by atoms with E-state index in [1.54, 1.807) is 0 Å². The number of carbonyl (C=O) groups is 2. The molecule has 1 saturated carbocycles. The van der Waals surface area contributed by atoms with Crippen LogP contribution in [-0.2, 0) is 14.3 Å². The van der Waals surface area contributed by atoms with E-state index >= 15 is 0 Å². The van der Waals surface area contributed by atoms with Gasteiger partial charge in [0.25, 0.3) is 0 Å². The molecule has 0 atom stereocenters. The first-order valence-electron chi connectivity index (χ1n) is 8.94. The average Bonchev–Trinajstić information content (AvgIpc) is 2.98. The van der Waals surface area contributed by atoms with Crippen LogP contribution >= 0.6 is 0 Å². The van der Waals surface area contributed by atoms with Crippen molar-refractivity contribution in [3.8, 4) is 11.1 Å². The Kier molecular flexibility index (Phi) is 4.36. The summed E-state index contributed by atoms with van der Waals surface area (Å²) in [6.07, 6.45) is -1.06. The Labute approximate surface area is 157 Å². The molecule has 6 heteroatoms. The molecule has 27 heavy (non-hydrogen) atoms. The molecule has 140 valence electrons. The molecule has 4 rings (SSSR count). The Bertz CT molecular complexity index is 842. The van der Waals surface area contributed by atoms with Crippen LogP contribution in [0.15, 0.2) is 48.5 Å². The van der Waals surface area contributed by atoms with E-state index < -0.39 is 23.7 Å². The molecule has 0 aromatic heterocycles. The number of hydrogen-bond donors (Lipinski definition) is 2. The molecular weight excluding hydrogens is 346 g/mol. The highest BCUT2D eigenvalue weighted by Gasteiger charge is 2.52. The zero-order valence-corrected chi connectivity index (χ0v) is 15.0. The van der Waals surface area contributed by atoms with E-state index in [0.29, 0.717) is 0 Å². The SMILES string of the molecule is COC(=O)C1(NC(=O)OCC2c3ccccc3-c3ccccc32)CC(O)C1. The average molecular weight is 367 g/mol. The summed E-state index contributed by atoms with van der Waals surface area (Å²) in [4.78, 5) is 24.3. The fourth-order valence-corrected chi connectivity index (χ4v) is 4.09. The topological polar surface area (TPSA) is 84.9 Å². The molecule has 2 aliphatic rings. The van der Waals surface area contributed by atoms with Gasteiger partial charge >= 0.3 is 12.1 Å². The first-order chi connectivity index (χ1) is 13.0. The molecule has 0 heterocycles. The van der Waals surface area contributed by atoms with Gasteiger partial charge in [-0.15, -0.1) is 0 Å². The van der Waals surface area contributed by atoms with Gasteiger partial charge in [0, 0.05) is 18.8 Å². The van der Waals surface area contributed by atoms with Gasteiger partial charge in [0.05, 0.1) is 13.2 Å². The van der Waals surface area contributed by atoms with Crippen molar-refractivity contribution in [3.63, 3.8) is 0 Å². The van der Waals surface area contributed by atoms with Gasteiger partial charge < -0.3 is 19.9 Å². The molecule has 0 spiro atoms. The zero-order valence-electron chi connectivity index (χ0n) is 15.0. The van der Waals surface area contributed by atoms with Crippen LogP contribution in [-0.4, -0.2) is 42.5 Å². The minimum Gasteiger partial charge on any atom is -0.467 e. The third-order valence-corrected chi connectivity index (χ3v) is 5.43. The van der Waals surface area contributed by atoms with E-state index in [4.69, 9.17) is 9.47 Å². The van der Waals surface area contributed by atoms with Crippen LogP contribution in [0.3, 0.4) is 0 Å². The number of nitrogens with one attached hydrogen (secondary N) is 1. The molecule has 2 aliphatic carbocycles. The standard InChI is InChI=1S/C21H21NO5/c1-26-19(24)21(10-13(23)11-21)22-20(25)27-12-18-16-8-4-2-6-14(16)15-7-3-5-9-17(15)18/h2-9,13,18,23H,10-12H2,1H3,(H,22,25). The first-order valence-corrected chi connectivity index (χ1v) is 8.94. The second kappa shape index (κ2) is 6.70. The van der Waals surface area contributed by atoms with E-state index in [-0.39, 0.29) is 25.4 Å². The van der Waals surface area contributed by atoms with Gasteiger partial charge in [-0.25, -0.2) is 9.59 Å². The highest BCUT2D eigenvalue weighted by Crippen LogP contribution is 2.44. The molecule has 2 N–H and O–H groups in total. The Morgan fingerprint density at radius 1 is 1.07 bits per heavy atom. The second-order valence-corrected chi connectivity index (χ2v) is 7.09. The molecule has 1 amide bonds. The molecule has 0 aliphatic heterocycles. The quantitative estimate of drug-likeness (QED) is 0.812. The van der Waals surface area contributed by atoms with Crippen molar-refractivity contribution in [2.45, 2.75) is 30.4 Å². The normalized spacial score (nSPS) is 23.0. The number of benzene rings is 2. The number of carbonyl (C=O) groups excluding carboxylic acids is 2. The second-order valence-electron chi connectivity index (χ2n) is 7.09. The molecule has 1 fully saturated rings. The summed E-state index contributed by atoms with van der Waals surface area (Å²) in [5.41, 5.74) is 3.34. The summed E-state index contributed by atoms with van der Waals surface area (Å²) in [5, 5.41) is 12.1. The summed E-state index contributed by atoms with van der Waals surface area (Å²) in [6.45, 7) is 0.166. The zero-order chi connectivity index (χ0) is 19.0. The minimum absolute atomic E-state index is 0.0517. The predicted octanol–water partition coefficient (Wildman–Crippen LogP) is 2.59. The lowest BCUT2D eigenvalue weighted by atomic mass is 9.74. The van der Waals surface area contributed by atoms with Gasteiger partial charge in [0.2, 0.25) is 0 Å². The lowest BCUT2D eigenvalue weighted by molar-refractivity contribution is -0.158. The maximum absolute atomic E-state index is 12.3. The Morgan fingerprint density at radius 3 is 2.15 bits per heavy atom. The van der Waals surface area contributed by atoms with Crippen LogP contribution in [0.2, 0.25) is 0 Å². The highest BCUT2D eigenvalue weighted by atomic mass is 16.6. The number of esters is 1. The maximum Gasteiger partial charge on any atom is 0.408 e.